The van der Waals surface area contributed by atoms with Crippen molar-refractivity contribution in [3.63, 3.8) is 0 Å². The van der Waals surface area contributed by atoms with Crippen molar-refractivity contribution in [2.45, 2.75) is 13.5 Å². The van der Waals surface area contributed by atoms with Crippen LogP contribution in [0.15, 0.2) is 71.8 Å². The van der Waals surface area contributed by atoms with Gasteiger partial charge in [0.25, 0.3) is 0 Å². The molecule has 0 saturated heterocycles. The molecule has 0 aliphatic heterocycles. The SMILES string of the molecule is Cc1c(/C=N/Nc2nc3ccccc3[nH]2)c2ccccc2n1Cc1ccc(Cl)c(Cl)c1. The van der Waals surface area contributed by atoms with Crippen LogP contribution in [0.5, 0.6) is 0 Å². The molecule has 2 heterocycles. The van der Waals surface area contributed by atoms with Crippen LogP contribution in [0.3, 0.4) is 0 Å². The summed E-state index contributed by atoms with van der Waals surface area (Å²) in [7, 11) is 0. The summed E-state index contributed by atoms with van der Waals surface area (Å²) in [6.45, 7) is 2.79. The second-order valence-corrected chi connectivity index (χ2v) is 8.14. The summed E-state index contributed by atoms with van der Waals surface area (Å²) in [6, 6.07) is 21.9. The molecular formula is C24H19Cl2N5. The van der Waals surface area contributed by atoms with E-state index in [1.54, 1.807) is 0 Å². The van der Waals surface area contributed by atoms with Gasteiger partial charge in [-0.2, -0.15) is 5.10 Å². The van der Waals surface area contributed by atoms with Crippen LogP contribution in [0, 0.1) is 6.92 Å². The minimum absolute atomic E-state index is 0.559. The lowest BCUT2D eigenvalue weighted by atomic mass is 10.1. The molecule has 0 saturated carbocycles. The fourth-order valence-electron chi connectivity index (χ4n) is 3.81. The van der Waals surface area contributed by atoms with Gasteiger partial charge in [-0.1, -0.05) is 59.6 Å². The zero-order valence-corrected chi connectivity index (χ0v) is 18.2. The highest BCUT2D eigenvalue weighted by Crippen LogP contribution is 2.28. The maximum atomic E-state index is 6.22. The van der Waals surface area contributed by atoms with Crippen LogP contribution in [0.1, 0.15) is 16.8 Å². The van der Waals surface area contributed by atoms with E-state index in [2.05, 4.69) is 44.1 Å². The first-order valence-corrected chi connectivity index (χ1v) is 10.6. The molecule has 0 aliphatic rings. The molecule has 0 fully saturated rings. The number of hydrazone groups is 1. The number of anilines is 1. The molecule has 2 N–H and O–H groups in total. The third-order valence-electron chi connectivity index (χ3n) is 5.36. The van der Waals surface area contributed by atoms with Crippen LogP contribution in [0.25, 0.3) is 21.9 Å². The molecule has 0 radical (unpaired) electrons. The zero-order chi connectivity index (χ0) is 21.4. The molecule has 0 spiro atoms. The second kappa shape index (κ2) is 8.10. The van der Waals surface area contributed by atoms with Crippen molar-refractivity contribution in [3.8, 4) is 0 Å². The van der Waals surface area contributed by atoms with Crippen molar-refractivity contribution in [1.29, 1.82) is 0 Å². The van der Waals surface area contributed by atoms with E-state index in [1.165, 1.54) is 0 Å². The number of halogens is 2. The van der Waals surface area contributed by atoms with Crippen LogP contribution in [-0.2, 0) is 6.54 Å². The van der Waals surface area contributed by atoms with Crippen molar-refractivity contribution in [2.24, 2.45) is 5.10 Å². The summed E-state index contributed by atoms with van der Waals surface area (Å²) in [5.41, 5.74) is 9.26. The van der Waals surface area contributed by atoms with Gasteiger partial charge >= 0.3 is 0 Å². The molecule has 0 amide bonds. The number of nitrogens with one attached hydrogen (secondary N) is 2. The predicted molar refractivity (Wildman–Crippen MR) is 130 cm³/mol. The Labute approximate surface area is 189 Å². The van der Waals surface area contributed by atoms with Gasteiger partial charge in [-0.05, 0) is 42.8 Å². The van der Waals surface area contributed by atoms with Crippen LogP contribution in [0.2, 0.25) is 10.0 Å². The van der Waals surface area contributed by atoms with Crippen LogP contribution >= 0.6 is 23.2 Å². The molecule has 3 aromatic carbocycles. The van der Waals surface area contributed by atoms with Crippen LogP contribution in [-0.4, -0.2) is 20.7 Å². The van der Waals surface area contributed by atoms with E-state index in [9.17, 15) is 0 Å². The topological polar surface area (TPSA) is 58.0 Å². The molecule has 0 unspecified atom stereocenters. The molecule has 5 nitrogen and oxygen atoms in total. The minimum atomic E-state index is 0.559. The Morgan fingerprint density at radius 2 is 1.84 bits per heavy atom. The number of rotatable bonds is 5. The van der Waals surface area contributed by atoms with E-state index in [-0.39, 0.29) is 0 Å². The van der Waals surface area contributed by atoms with Crippen molar-refractivity contribution in [3.05, 3.63) is 93.6 Å². The Bertz CT molecular complexity index is 1400. The maximum Gasteiger partial charge on any atom is 0.222 e. The molecule has 0 aliphatic carbocycles. The molecule has 0 bridgehead atoms. The number of imidazole rings is 1. The number of para-hydroxylation sites is 3. The number of aromatic amines is 1. The van der Waals surface area contributed by atoms with E-state index in [4.69, 9.17) is 23.2 Å². The zero-order valence-electron chi connectivity index (χ0n) is 16.7. The number of H-pyrrole nitrogens is 1. The monoisotopic (exact) mass is 447 g/mol. The standard InChI is InChI=1S/C24H19Cl2N5/c1-15-18(13-27-30-24-28-21-7-3-4-8-22(21)29-24)17-6-2-5-9-23(17)31(15)14-16-10-11-19(25)20(26)12-16/h2-13H,14H2,1H3,(H2,28,29,30)/b27-13+. The lowest BCUT2D eigenvalue weighted by Gasteiger charge is -2.09. The van der Waals surface area contributed by atoms with E-state index in [1.807, 2.05) is 60.8 Å². The van der Waals surface area contributed by atoms with Gasteiger partial charge < -0.3 is 9.55 Å². The number of hydrogen-bond acceptors (Lipinski definition) is 3. The second-order valence-electron chi connectivity index (χ2n) is 7.32. The number of fused-ring (bicyclic) bond motifs is 2. The lowest BCUT2D eigenvalue weighted by molar-refractivity contribution is 0.804. The Kier molecular flexibility index (Phi) is 5.14. The number of hydrogen-bond donors (Lipinski definition) is 2. The largest absolute Gasteiger partial charge is 0.340 e. The summed E-state index contributed by atoms with van der Waals surface area (Å²) in [4.78, 5) is 7.71. The molecule has 2 aromatic heterocycles. The molecule has 0 atom stereocenters. The summed E-state index contributed by atoms with van der Waals surface area (Å²) < 4.78 is 2.26. The lowest BCUT2D eigenvalue weighted by Crippen LogP contribution is -2.02. The number of benzene rings is 3. The first kappa shape index (κ1) is 19.7. The van der Waals surface area contributed by atoms with Gasteiger partial charge in [0.2, 0.25) is 5.95 Å². The molecule has 31 heavy (non-hydrogen) atoms. The van der Waals surface area contributed by atoms with Crippen LogP contribution in [0.4, 0.5) is 5.95 Å². The molecule has 5 rings (SSSR count). The Morgan fingerprint density at radius 1 is 1.03 bits per heavy atom. The maximum absolute atomic E-state index is 6.22. The van der Waals surface area contributed by atoms with Gasteiger partial charge in [-0.15, -0.1) is 0 Å². The van der Waals surface area contributed by atoms with Crippen molar-refractivity contribution < 1.29 is 0 Å². The first-order chi connectivity index (χ1) is 15.1. The quantitative estimate of drug-likeness (QED) is 0.234. The minimum Gasteiger partial charge on any atom is -0.340 e. The molecule has 5 aromatic rings. The third-order valence-corrected chi connectivity index (χ3v) is 6.10. The Morgan fingerprint density at radius 3 is 2.68 bits per heavy atom. The summed E-state index contributed by atoms with van der Waals surface area (Å²) in [5.74, 6) is 0.606. The van der Waals surface area contributed by atoms with E-state index >= 15 is 0 Å². The van der Waals surface area contributed by atoms with Gasteiger partial charge in [-0.3, -0.25) is 0 Å². The van der Waals surface area contributed by atoms with Gasteiger partial charge in [0.15, 0.2) is 0 Å². The van der Waals surface area contributed by atoms with Crippen molar-refractivity contribution in [1.82, 2.24) is 14.5 Å². The van der Waals surface area contributed by atoms with Gasteiger partial charge in [0, 0.05) is 28.7 Å². The van der Waals surface area contributed by atoms with Gasteiger partial charge in [-0.25, -0.2) is 10.4 Å². The summed E-state index contributed by atoms with van der Waals surface area (Å²) >= 11 is 12.3. The normalized spacial score (nSPS) is 11.7. The van der Waals surface area contributed by atoms with E-state index in [0.29, 0.717) is 22.5 Å². The smallest absolute Gasteiger partial charge is 0.222 e. The molecule has 154 valence electrons. The highest BCUT2D eigenvalue weighted by molar-refractivity contribution is 6.42. The van der Waals surface area contributed by atoms with E-state index < -0.39 is 0 Å². The average Bonchev–Trinajstić information content (AvgIpc) is 3.30. The van der Waals surface area contributed by atoms with Crippen molar-refractivity contribution in [2.75, 3.05) is 5.43 Å². The molecule has 7 heteroatoms. The molecular weight excluding hydrogens is 429 g/mol. The highest BCUT2D eigenvalue weighted by atomic mass is 35.5. The van der Waals surface area contributed by atoms with E-state index in [0.717, 1.165) is 38.8 Å². The van der Waals surface area contributed by atoms with Gasteiger partial charge in [0.1, 0.15) is 0 Å². The fourth-order valence-corrected chi connectivity index (χ4v) is 4.13. The van der Waals surface area contributed by atoms with Crippen molar-refractivity contribution >= 4 is 57.3 Å². The van der Waals surface area contributed by atoms with Gasteiger partial charge in [0.05, 0.1) is 27.3 Å². The highest BCUT2D eigenvalue weighted by Gasteiger charge is 2.13. The fraction of sp³-hybridized carbons (Fsp3) is 0.0833. The van der Waals surface area contributed by atoms with Crippen LogP contribution < -0.4 is 5.43 Å². The summed E-state index contributed by atoms with van der Waals surface area (Å²) in [6.07, 6.45) is 1.84. The first-order valence-electron chi connectivity index (χ1n) is 9.86. The number of nitrogens with zero attached hydrogens (tertiary/aromatic N) is 3. The Balaban J connectivity index is 1.47. The average molecular weight is 448 g/mol. The third kappa shape index (κ3) is 3.78. The summed E-state index contributed by atoms with van der Waals surface area (Å²) in [5, 5.41) is 6.70. The predicted octanol–water partition coefficient (Wildman–Crippen LogP) is 6.63. The number of aromatic nitrogens is 3. The Hall–Kier alpha value is -3.28.